The van der Waals surface area contributed by atoms with Gasteiger partial charge >= 0.3 is 0 Å². The summed E-state index contributed by atoms with van der Waals surface area (Å²) in [5.41, 5.74) is 3.64. The van der Waals surface area contributed by atoms with Crippen molar-refractivity contribution in [1.29, 1.82) is 0 Å². The molecule has 3 rings (SSSR count). The summed E-state index contributed by atoms with van der Waals surface area (Å²) in [5.74, 6) is 0.499. The van der Waals surface area contributed by atoms with E-state index in [4.69, 9.17) is 4.74 Å². The van der Waals surface area contributed by atoms with Crippen molar-refractivity contribution in [3.8, 4) is 0 Å². The number of amides is 1. The minimum absolute atomic E-state index is 0.0109. The lowest BCUT2D eigenvalue weighted by Crippen LogP contribution is -2.30. The SMILES string of the molecule is Cc1cc(CN2Cc3cccn3C[C@H](CCOCC(=O)N(C)C)C2)n(C)n1. The largest absolute Gasteiger partial charge is 0.372 e. The van der Waals surface area contributed by atoms with E-state index in [0.717, 1.165) is 38.3 Å². The van der Waals surface area contributed by atoms with Gasteiger partial charge in [0.2, 0.25) is 5.91 Å². The van der Waals surface area contributed by atoms with Crippen molar-refractivity contribution in [3.05, 3.63) is 41.5 Å². The summed E-state index contributed by atoms with van der Waals surface area (Å²) in [6, 6.07) is 6.49. The van der Waals surface area contributed by atoms with E-state index in [0.29, 0.717) is 12.5 Å². The van der Waals surface area contributed by atoms with Crippen molar-refractivity contribution in [2.24, 2.45) is 13.0 Å². The molecule has 2 aromatic rings. The van der Waals surface area contributed by atoms with Crippen molar-refractivity contribution < 1.29 is 9.53 Å². The van der Waals surface area contributed by atoms with Gasteiger partial charge in [0.25, 0.3) is 0 Å². The monoisotopic (exact) mass is 373 g/mol. The van der Waals surface area contributed by atoms with Crippen LogP contribution in [0.15, 0.2) is 24.4 Å². The standard InChI is InChI=1S/C20H31N5O2/c1-16-10-19(23(4)21-16)14-24-11-17(7-9-27-15-20(26)22(2)3)12-25-8-5-6-18(25)13-24/h5-6,8,10,17H,7,9,11-15H2,1-4H3/t17-/m1/s1. The molecule has 0 bridgehead atoms. The van der Waals surface area contributed by atoms with E-state index in [-0.39, 0.29) is 12.5 Å². The molecule has 0 aliphatic carbocycles. The molecule has 3 heterocycles. The predicted octanol–water partition coefficient (Wildman–Crippen LogP) is 1.66. The van der Waals surface area contributed by atoms with Gasteiger partial charge < -0.3 is 14.2 Å². The molecule has 1 aliphatic heterocycles. The molecule has 148 valence electrons. The number of carbonyl (C=O) groups is 1. The number of likely N-dealkylation sites (N-methyl/N-ethyl adjacent to an activating group) is 1. The number of rotatable bonds is 7. The van der Waals surface area contributed by atoms with Crippen LogP contribution in [0.2, 0.25) is 0 Å². The van der Waals surface area contributed by atoms with Gasteiger partial charge in [-0.2, -0.15) is 5.10 Å². The molecule has 0 fully saturated rings. The summed E-state index contributed by atoms with van der Waals surface area (Å²) < 4.78 is 9.94. The normalized spacial score (nSPS) is 17.6. The van der Waals surface area contributed by atoms with Gasteiger partial charge in [-0.05, 0) is 37.5 Å². The molecule has 0 spiro atoms. The molecule has 0 saturated heterocycles. The Labute approximate surface area is 161 Å². The van der Waals surface area contributed by atoms with Crippen LogP contribution >= 0.6 is 0 Å². The topological polar surface area (TPSA) is 55.5 Å². The van der Waals surface area contributed by atoms with Crippen LogP contribution in [0, 0.1) is 12.8 Å². The van der Waals surface area contributed by atoms with Crippen LogP contribution in [-0.2, 0) is 36.2 Å². The van der Waals surface area contributed by atoms with E-state index in [2.05, 4.69) is 39.0 Å². The molecule has 27 heavy (non-hydrogen) atoms. The second kappa shape index (κ2) is 8.71. The lowest BCUT2D eigenvalue weighted by Gasteiger charge is -2.24. The highest BCUT2D eigenvalue weighted by atomic mass is 16.5. The van der Waals surface area contributed by atoms with Gasteiger partial charge in [-0.15, -0.1) is 0 Å². The first-order valence-electron chi connectivity index (χ1n) is 9.56. The number of nitrogens with zero attached hydrogens (tertiary/aromatic N) is 5. The fourth-order valence-electron chi connectivity index (χ4n) is 3.65. The minimum Gasteiger partial charge on any atom is -0.372 e. The van der Waals surface area contributed by atoms with Gasteiger partial charge in [-0.25, -0.2) is 0 Å². The van der Waals surface area contributed by atoms with E-state index in [1.54, 1.807) is 19.0 Å². The van der Waals surface area contributed by atoms with E-state index in [1.165, 1.54) is 11.4 Å². The Morgan fingerprint density at radius 1 is 1.37 bits per heavy atom. The summed E-state index contributed by atoms with van der Waals surface area (Å²) in [6.45, 7) is 6.63. The molecule has 1 amide bonds. The number of hydrogen-bond donors (Lipinski definition) is 0. The van der Waals surface area contributed by atoms with Crippen LogP contribution in [0.1, 0.15) is 23.5 Å². The number of carbonyl (C=O) groups excluding carboxylic acids is 1. The molecule has 1 aliphatic rings. The molecule has 0 unspecified atom stereocenters. The number of aryl methyl sites for hydroxylation is 2. The Bertz CT molecular complexity index is 764. The highest BCUT2D eigenvalue weighted by molar-refractivity contribution is 5.76. The molecular formula is C20H31N5O2. The fourth-order valence-corrected chi connectivity index (χ4v) is 3.65. The summed E-state index contributed by atoms with van der Waals surface area (Å²) >= 11 is 0. The number of ether oxygens (including phenoxy) is 1. The smallest absolute Gasteiger partial charge is 0.248 e. The molecule has 2 aromatic heterocycles. The Morgan fingerprint density at radius 2 is 2.19 bits per heavy atom. The van der Waals surface area contributed by atoms with Crippen LogP contribution in [0.4, 0.5) is 0 Å². The molecular weight excluding hydrogens is 342 g/mol. The number of hydrogen-bond acceptors (Lipinski definition) is 4. The molecule has 0 saturated carbocycles. The van der Waals surface area contributed by atoms with Gasteiger partial charge in [0, 0.05) is 65.8 Å². The Morgan fingerprint density at radius 3 is 2.89 bits per heavy atom. The molecule has 0 N–H and O–H groups in total. The molecule has 0 radical (unpaired) electrons. The summed E-state index contributed by atoms with van der Waals surface area (Å²) in [6.07, 6.45) is 3.11. The third kappa shape index (κ3) is 5.20. The van der Waals surface area contributed by atoms with Crippen LogP contribution in [0.5, 0.6) is 0 Å². The average Bonchev–Trinajstić information content (AvgIpc) is 3.12. The maximum absolute atomic E-state index is 11.6. The quantitative estimate of drug-likeness (QED) is 0.693. The molecule has 7 nitrogen and oxygen atoms in total. The van der Waals surface area contributed by atoms with Crippen molar-refractivity contribution in [1.82, 2.24) is 24.1 Å². The van der Waals surface area contributed by atoms with Gasteiger partial charge in [-0.1, -0.05) is 0 Å². The van der Waals surface area contributed by atoms with Gasteiger partial charge in [0.1, 0.15) is 6.61 Å². The van der Waals surface area contributed by atoms with Crippen LogP contribution in [0.25, 0.3) is 0 Å². The Kier molecular flexibility index (Phi) is 6.34. The molecule has 7 heteroatoms. The van der Waals surface area contributed by atoms with Crippen molar-refractivity contribution >= 4 is 5.91 Å². The zero-order chi connectivity index (χ0) is 19.4. The van der Waals surface area contributed by atoms with E-state index in [1.807, 2.05) is 18.7 Å². The zero-order valence-corrected chi connectivity index (χ0v) is 16.9. The summed E-state index contributed by atoms with van der Waals surface area (Å²) in [7, 11) is 5.52. The third-order valence-corrected chi connectivity index (χ3v) is 5.16. The second-order valence-corrected chi connectivity index (χ2v) is 7.72. The van der Waals surface area contributed by atoms with Gasteiger partial charge in [0.05, 0.1) is 11.4 Å². The van der Waals surface area contributed by atoms with Crippen molar-refractivity contribution in [2.75, 3.05) is 33.9 Å². The maximum atomic E-state index is 11.6. The molecule has 1 atom stereocenters. The second-order valence-electron chi connectivity index (χ2n) is 7.72. The average molecular weight is 374 g/mol. The first-order valence-corrected chi connectivity index (χ1v) is 9.56. The number of fused-ring (bicyclic) bond motifs is 1. The maximum Gasteiger partial charge on any atom is 0.248 e. The van der Waals surface area contributed by atoms with Gasteiger partial charge in [-0.3, -0.25) is 14.4 Å². The zero-order valence-electron chi connectivity index (χ0n) is 16.9. The fraction of sp³-hybridized carbons (Fsp3) is 0.600. The van der Waals surface area contributed by atoms with Crippen LogP contribution in [0.3, 0.4) is 0 Å². The van der Waals surface area contributed by atoms with Crippen molar-refractivity contribution in [2.45, 2.75) is 33.0 Å². The van der Waals surface area contributed by atoms with Crippen LogP contribution in [-0.4, -0.2) is 63.9 Å². The van der Waals surface area contributed by atoms with Crippen molar-refractivity contribution in [3.63, 3.8) is 0 Å². The minimum atomic E-state index is 0.0109. The van der Waals surface area contributed by atoms with Crippen LogP contribution < -0.4 is 0 Å². The summed E-state index contributed by atoms with van der Waals surface area (Å²) in [5, 5.41) is 4.47. The van der Waals surface area contributed by atoms with E-state index < -0.39 is 0 Å². The highest BCUT2D eigenvalue weighted by Crippen LogP contribution is 2.21. The predicted molar refractivity (Wildman–Crippen MR) is 104 cm³/mol. The first-order chi connectivity index (χ1) is 12.9. The third-order valence-electron chi connectivity index (χ3n) is 5.16. The Hall–Kier alpha value is -2.12. The lowest BCUT2D eigenvalue weighted by atomic mass is 10.1. The Balaban J connectivity index is 1.60. The highest BCUT2D eigenvalue weighted by Gasteiger charge is 2.22. The van der Waals surface area contributed by atoms with E-state index in [9.17, 15) is 4.79 Å². The summed E-state index contributed by atoms with van der Waals surface area (Å²) in [4.78, 5) is 15.7. The van der Waals surface area contributed by atoms with E-state index >= 15 is 0 Å². The molecule has 0 aromatic carbocycles. The first kappa shape index (κ1) is 19.6. The number of aromatic nitrogens is 3. The lowest BCUT2D eigenvalue weighted by molar-refractivity contribution is -0.133. The van der Waals surface area contributed by atoms with Gasteiger partial charge in [0.15, 0.2) is 0 Å².